The molecule has 0 amide bonds. The molecule has 2 aromatic carbocycles. The lowest BCUT2D eigenvalue weighted by Gasteiger charge is -2.29. The molecule has 0 atom stereocenters. The van der Waals surface area contributed by atoms with Crippen LogP contribution in [0.25, 0.3) is 27.8 Å². The van der Waals surface area contributed by atoms with E-state index in [1.165, 1.54) is 16.7 Å². The van der Waals surface area contributed by atoms with Crippen LogP contribution in [0.15, 0.2) is 57.7 Å². The first-order valence-electron chi connectivity index (χ1n) is 8.75. The van der Waals surface area contributed by atoms with Gasteiger partial charge in [-0.3, -0.25) is 4.79 Å². The molecule has 1 fully saturated rings. The number of fused-ring (bicyclic) bond motifs is 3. The van der Waals surface area contributed by atoms with Gasteiger partial charge in [-0.15, -0.1) is 0 Å². The molecular formula is C20H16FN3O3. The molecular weight excluding hydrogens is 349 g/mol. The summed E-state index contributed by atoms with van der Waals surface area (Å²) in [6.07, 6.45) is 0. The molecule has 0 N–H and O–H groups in total. The second-order valence-corrected chi connectivity index (χ2v) is 6.40. The van der Waals surface area contributed by atoms with Gasteiger partial charge in [0.1, 0.15) is 16.9 Å². The minimum Gasteiger partial charge on any atom is -0.448 e. The summed E-state index contributed by atoms with van der Waals surface area (Å²) in [5.74, 6) is 0.145. The maximum absolute atomic E-state index is 13.4. The first kappa shape index (κ1) is 16.0. The number of aromatic nitrogens is 2. The number of hydrogen-bond acceptors (Lipinski definition) is 5. The van der Waals surface area contributed by atoms with Crippen molar-refractivity contribution < 1.29 is 13.5 Å². The number of nitrogens with zero attached hydrogens (tertiary/aromatic N) is 3. The fourth-order valence-electron chi connectivity index (χ4n) is 3.43. The molecule has 136 valence electrons. The van der Waals surface area contributed by atoms with Crippen molar-refractivity contribution in [3.05, 3.63) is 64.7 Å². The Kier molecular flexibility index (Phi) is 3.68. The molecule has 1 saturated heterocycles. The van der Waals surface area contributed by atoms with Crippen molar-refractivity contribution in [2.45, 2.75) is 0 Å². The SMILES string of the molecule is O=c1c2oc3ccccc3c2nc(N2CCOCC2)n1-c1ccc(F)cc1. The van der Waals surface area contributed by atoms with Crippen molar-refractivity contribution in [3.63, 3.8) is 0 Å². The van der Waals surface area contributed by atoms with E-state index < -0.39 is 0 Å². The van der Waals surface area contributed by atoms with Crippen LogP contribution in [-0.2, 0) is 4.74 Å². The van der Waals surface area contributed by atoms with Crippen LogP contribution in [0, 0.1) is 5.82 Å². The number of para-hydroxylation sites is 1. The van der Waals surface area contributed by atoms with E-state index in [1.807, 2.05) is 29.2 Å². The molecule has 27 heavy (non-hydrogen) atoms. The highest BCUT2D eigenvalue weighted by molar-refractivity contribution is 6.02. The molecule has 1 aliphatic heterocycles. The molecule has 5 rings (SSSR count). The van der Waals surface area contributed by atoms with Crippen LogP contribution < -0.4 is 10.5 Å². The minimum absolute atomic E-state index is 0.192. The van der Waals surface area contributed by atoms with Crippen molar-refractivity contribution in [3.8, 4) is 5.69 Å². The summed E-state index contributed by atoms with van der Waals surface area (Å²) >= 11 is 0. The molecule has 0 aliphatic carbocycles. The number of ether oxygens (including phenoxy) is 1. The number of furan rings is 1. The molecule has 3 heterocycles. The van der Waals surface area contributed by atoms with E-state index >= 15 is 0 Å². The van der Waals surface area contributed by atoms with E-state index in [9.17, 15) is 9.18 Å². The highest BCUT2D eigenvalue weighted by atomic mass is 19.1. The second-order valence-electron chi connectivity index (χ2n) is 6.40. The monoisotopic (exact) mass is 365 g/mol. The van der Waals surface area contributed by atoms with Crippen LogP contribution in [0.3, 0.4) is 0 Å². The van der Waals surface area contributed by atoms with E-state index in [0.29, 0.717) is 49.0 Å². The van der Waals surface area contributed by atoms with Gasteiger partial charge in [0.15, 0.2) is 0 Å². The largest absolute Gasteiger partial charge is 0.448 e. The van der Waals surface area contributed by atoms with Gasteiger partial charge in [-0.2, -0.15) is 0 Å². The molecule has 2 aromatic heterocycles. The number of hydrogen-bond donors (Lipinski definition) is 0. The maximum Gasteiger partial charge on any atom is 0.303 e. The normalized spacial score (nSPS) is 14.9. The van der Waals surface area contributed by atoms with Gasteiger partial charge in [-0.05, 0) is 36.4 Å². The van der Waals surface area contributed by atoms with Crippen LogP contribution in [-0.4, -0.2) is 35.9 Å². The average molecular weight is 365 g/mol. The lowest BCUT2D eigenvalue weighted by molar-refractivity contribution is 0.122. The van der Waals surface area contributed by atoms with Crippen LogP contribution in [0.4, 0.5) is 10.3 Å². The molecule has 0 saturated carbocycles. The standard InChI is InChI=1S/C20H16FN3O3/c21-13-5-7-14(8-6-13)24-19(25)18-17(15-3-1-2-4-16(15)27-18)22-20(24)23-9-11-26-12-10-23/h1-8H,9-12H2. The second kappa shape index (κ2) is 6.21. The van der Waals surface area contributed by atoms with Crippen LogP contribution in [0.1, 0.15) is 0 Å². The molecule has 0 unspecified atom stereocenters. The predicted octanol–water partition coefficient (Wildman–Crippen LogP) is 3.11. The van der Waals surface area contributed by atoms with Crippen molar-refractivity contribution in [1.29, 1.82) is 0 Å². The Balaban J connectivity index is 1.84. The molecule has 0 spiro atoms. The van der Waals surface area contributed by atoms with E-state index in [-0.39, 0.29) is 17.0 Å². The summed E-state index contributed by atoms with van der Waals surface area (Å²) in [6, 6.07) is 13.2. The number of morpholine rings is 1. The quantitative estimate of drug-likeness (QED) is 0.546. The zero-order valence-corrected chi connectivity index (χ0v) is 14.4. The molecule has 0 radical (unpaired) electrons. The maximum atomic E-state index is 13.4. The highest BCUT2D eigenvalue weighted by Crippen LogP contribution is 2.28. The van der Waals surface area contributed by atoms with Crippen molar-refractivity contribution >= 4 is 28.0 Å². The van der Waals surface area contributed by atoms with Gasteiger partial charge in [0.2, 0.25) is 11.5 Å². The molecule has 0 bridgehead atoms. The Morgan fingerprint density at radius 2 is 1.74 bits per heavy atom. The zero-order valence-electron chi connectivity index (χ0n) is 14.4. The number of anilines is 1. The first-order valence-corrected chi connectivity index (χ1v) is 8.75. The van der Waals surface area contributed by atoms with Crippen LogP contribution in [0.2, 0.25) is 0 Å². The molecule has 6 nitrogen and oxygen atoms in total. The number of halogens is 1. The fraction of sp³-hybridized carbons (Fsp3) is 0.200. The van der Waals surface area contributed by atoms with Gasteiger partial charge in [0.25, 0.3) is 0 Å². The lowest BCUT2D eigenvalue weighted by atomic mass is 10.2. The molecule has 1 aliphatic rings. The fourth-order valence-corrected chi connectivity index (χ4v) is 3.43. The minimum atomic E-state index is -0.363. The van der Waals surface area contributed by atoms with Crippen molar-refractivity contribution in [2.24, 2.45) is 0 Å². The van der Waals surface area contributed by atoms with Crippen LogP contribution >= 0.6 is 0 Å². The van der Waals surface area contributed by atoms with E-state index in [4.69, 9.17) is 14.1 Å². The van der Waals surface area contributed by atoms with Crippen molar-refractivity contribution in [2.75, 3.05) is 31.2 Å². The van der Waals surface area contributed by atoms with Crippen molar-refractivity contribution in [1.82, 2.24) is 9.55 Å². The topological polar surface area (TPSA) is 60.5 Å². The van der Waals surface area contributed by atoms with Gasteiger partial charge in [-0.1, -0.05) is 12.1 Å². The Labute approximate surface area is 153 Å². The van der Waals surface area contributed by atoms with E-state index in [2.05, 4.69) is 0 Å². The van der Waals surface area contributed by atoms with Crippen LogP contribution in [0.5, 0.6) is 0 Å². The molecule has 7 heteroatoms. The summed E-state index contributed by atoms with van der Waals surface area (Å²) in [4.78, 5) is 20.1. The molecule has 4 aromatic rings. The first-order chi connectivity index (χ1) is 13.2. The van der Waals surface area contributed by atoms with Gasteiger partial charge in [0, 0.05) is 18.5 Å². The summed E-state index contributed by atoms with van der Waals surface area (Å²) in [5, 5.41) is 0.797. The Morgan fingerprint density at radius 1 is 1.00 bits per heavy atom. The Hall–Kier alpha value is -3.19. The summed E-state index contributed by atoms with van der Waals surface area (Å²) in [7, 11) is 0. The summed E-state index contributed by atoms with van der Waals surface area (Å²) in [6.45, 7) is 2.36. The predicted molar refractivity (Wildman–Crippen MR) is 100 cm³/mol. The third-order valence-electron chi connectivity index (χ3n) is 4.76. The number of rotatable bonds is 2. The van der Waals surface area contributed by atoms with Gasteiger partial charge >= 0.3 is 5.56 Å². The van der Waals surface area contributed by atoms with Gasteiger partial charge < -0.3 is 14.1 Å². The highest BCUT2D eigenvalue weighted by Gasteiger charge is 2.23. The summed E-state index contributed by atoms with van der Waals surface area (Å²) < 4.78 is 26.1. The van der Waals surface area contributed by atoms with Gasteiger partial charge in [0.05, 0.1) is 18.9 Å². The Morgan fingerprint density at radius 3 is 2.52 bits per heavy atom. The summed E-state index contributed by atoms with van der Waals surface area (Å²) in [5.41, 5.74) is 1.57. The third-order valence-corrected chi connectivity index (χ3v) is 4.76. The smallest absolute Gasteiger partial charge is 0.303 e. The van der Waals surface area contributed by atoms with E-state index in [0.717, 1.165) is 5.39 Å². The van der Waals surface area contributed by atoms with E-state index in [1.54, 1.807) is 12.1 Å². The third kappa shape index (κ3) is 2.59. The zero-order chi connectivity index (χ0) is 18.4. The van der Waals surface area contributed by atoms with Gasteiger partial charge in [-0.25, -0.2) is 13.9 Å². The number of benzene rings is 2. The Bertz CT molecular complexity index is 1190. The average Bonchev–Trinajstić information content (AvgIpc) is 3.09. The lowest BCUT2D eigenvalue weighted by Crippen LogP contribution is -2.40.